The Kier molecular flexibility index (Phi) is 8.63. The summed E-state index contributed by atoms with van der Waals surface area (Å²) >= 11 is 17.5. The summed E-state index contributed by atoms with van der Waals surface area (Å²) in [4.78, 5) is 13.2. The van der Waals surface area contributed by atoms with Gasteiger partial charge in [0.25, 0.3) is 0 Å². The molecule has 2 aliphatic rings. The van der Waals surface area contributed by atoms with Crippen molar-refractivity contribution < 1.29 is 0 Å². The smallest absolute Gasteiger partial charge is 0.0707 e. The van der Waals surface area contributed by atoms with Gasteiger partial charge in [0, 0.05) is 44.1 Å². The molecule has 0 radical (unpaired) electrons. The van der Waals surface area contributed by atoms with E-state index in [0.29, 0.717) is 0 Å². The summed E-state index contributed by atoms with van der Waals surface area (Å²) in [6, 6.07) is 0. The Morgan fingerprint density at radius 1 is 0.387 bits per heavy atom. The van der Waals surface area contributed by atoms with Crippen LogP contribution in [0, 0.1) is 20.8 Å². The zero-order valence-corrected chi connectivity index (χ0v) is 26.0. The highest BCUT2D eigenvalue weighted by Gasteiger charge is 2.34. The van der Waals surface area contributed by atoms with Crippen molar-refractivity contribution in [1.29, 1.82) is 0 Å². The first-order valence-corrected chi connectivity index (χ1v) is 18.8. The average molecular weight is 577 g/mol. The Labute approximate surface area is 225 Å². The number of rotatable bonds is 5. The van der Waals surface area contributed by atoms with Crippen molar-refractivity contribution in [3.63, 3.8) is 0 Å². The number of hydrogen-bond donors (Lipinski definition) is 0. The molecule has 0 amide bonds. The predicted octanol–water partition coefficient (Wildman–Crippen LogP) is 10.4. The predicted molar refractivity (Wildman–Crippen MR) is 156 cm³/mol. The van der Waals surface area contributed by atoms with Gasteiger partial charge in [0.2, 0.25) is 0 Å². The Morgan fingerprint density at radius 3 is 1.00 bits per heavy atom. The SMILES string of the molecule is CSc1c(C)c(C)c(SC)c2c1SC(=C1Sc3c(SC)c(C)c(SC)c(SC)c3S1)S2. The summed E-state index contributed by atoms with van der Waals surface area (Å²) in [7, 11) is 0. The van der Waals surface area contributed by atoms with Crippen LogP contribution in [0.15, 0.2) is 52.5 Å². The molecule has 0 nitrogen and oxygen atoms in total. The number of thioether (sulfide) groups is 9. The van der Waals surface area contributed by atoms with Crippen LogP contribution in [0.3, 0.4) is 0 Å². The molecular formula is C22H24S9. The standard InChI is InChI=1S/C22H24S9/c1-9-10(2)13(24-5)18-17(12(9)23-4)28-21(29-18)22-30-19-15(26-7)11(3)14(25-6)16(27-8)20(19)31-22/h1-8H3. The Bertz CT molecular complexity index is 1060. The van der Waals surface area contributed by atoms with E-state index in [-0.39, 0.29) is 0 Å². The molecule has 2 aliphatic heterocycles. The van der Waals surface area contributed by atoms with Crippen LogP contribution in [0.1, 0.15) is 16.7 Å². The Morgan fingerprint density at radius 2 is 0.677 bits per heavy atom. The van der Waals surface area contributed by atoms with E-state index in [1.807, 2.05) is 106 Å². The van der Waals surface area contributed by atoms with Crippen molar-refractivity contribution in [3.05, 3.63) is 25.2 Å². The summed E-state index contributed by atoms with van der Waals surface area (Å²) in [5.41, 5.74) is 4.33. The summed E-state index contributed by atoms with van der Waals surface area (Å²) in [6.07, 6.45) is 11.1. The van der Waals surface area contributed by atoms with Gasteiger partial charge in [-0.05, 0) is 68.7 Å². The third kappa shape index (κ3) is 4.28. The molecule has 0 atom stereocenters. The average Bonchev–Trinajstić information content (AvgIpc) is 3.39. The van der Waals surface area contributed by atoms with Crippen molar-refractivity contribution >= 4 is 106 Å². The first kappa shape index (κ1) is 25.4. The van der Waals surface area contributed by atoms with Crippen LogP contribution in [-0.4, -0.2) is 31.3 Å². The van der Waals surface area contributed by atoms with E-state index in [9.17, 15) is 0 Å². The van der Waals surface area contributed by atoms with Gasteiger partial charge < -0.3 is 0 Å². The quantitative estimate of drug-likeness (QED) is 0.316. The lowest BCUT2D eigenvalue weighted by atomic mass is 10.1. The van der Waals surface area contributed by atoms with Gasteiger partial charge in [-0.2, -0.15) is 0 Å². The molecule has 9 heteroatoms. The van der Waals surface area contributed by atoms with E-state index in [0.717, 1.165) is 0 Å². The van der Waals surface area contributed by atoms with Crippen LogP contribution in [0.5, 0.6) is 0 Å². The van der Waals surface area contributed by atoms with E-state index in [4.69, 9.17) is 0 Å². The van der Waals surface area contributed by atoms with Crippen LogP contribution < -0.4 is 0 Å². The monoisotopic (exact) mass is 576 g/mol. The molecule has 0 N–H and O–H groups in total. The lowest BCUT2D eigenvalue weighted by molar-refractivity contribution is 0.931. The fraction of sp³-hybridized carbons (Fsp3) is 0.364. The van der Waals surface area contributed by atoms with Gasteiger partial charge in [0.15, 0.2) is 0 Å². The second-order valence-corrected chi connectivity index (χ2v) is 15.5. The van der Waals surface area contributed by atoms with Crippen LogP contribution >= 0.6 is 106 Å². The normalized spacial score (nSPS) is 15.1. The molecule has 166 valence electrons. The number of fused-ring (bicyclic) bond motifs is 2. The summed E-state index contributed by atoms with van der Waals surface area (Å²) < 4.78 is 2.91. The van der Waals surface area contributed by atoms with E-state index in [1.54, 1.807) is 0 Å². The van der Waals surface area contributed by atoms with Crippen LogP contribution in [0.2, 0.25) is 0 Å². The zero-order chi connectivity index (χ0) is 22.4. The van der Waals surface area contributed by atoms with Crippen molar-refractivity contribution in [2.75, 3.05) is 31.3 Å². The molecule has 0 saturated heterocycles. The fourth-order valence-corrected chi connectivity index (χ4v) is 15.3. The first-order chi connectivity index (χ1) is 14.9. The van der Waals surface area contributed by atoms with Gasteiger partial charge in [-0.25, -0.2) is 0 Å². The maximum Gasteiger partial charge on any atom is 0.0707 e. The molecule has 0 saturated carbocycles. The van der Waals surface area contributed by atoms with E-state index in [1.165, 1.54) is 69.2 Å². The van der Waals surface area contributed by atoms with Crippen LogP contribution in [0.4, 0.5) is 0 Å². The lowest BCUT2D eigenvalue weighted by Crippen LogP contribution is -1.93. The van der Waals surface area contributed by atoms with Gasteiger partial charge in [0.05, 0.1) is 8.47 Å². The number of hydrogen-bond acceptors (Lipinski definition) is 9. The summed E-state index contributed by atoms with van der Waals surface area (Å²) in [5.74, 6) is 0. The minimum Gasteiger partial charge on any atom is -0.128 e. The Balaban J connectivity index is 1.83. The largest absolute Gasteiger partial charge is 0.128 e. The highest BCUT2D eigenvalue weighted by molar-refractivity contribution is 8.30. The minimum absolute atomic E-state index is 1.44. The molecule has 0 aromatic heterocycles. The van der Waals surface area contributed by atoms with E-state index < -0.39 is 0 Å². The minimum atomic E-state index is 1.44. The van der Waals surface area contributed by atoms with Gasteiger partial charge in [-0.15, -0.1) is 58.8 Å². The third-order valence-corrected chi connectivity index (χ3v) is 16.3. The van der Waals surface area contributed by atoms with Crippen molar-refractivity contribution in [2.45, 2.75) is 64.8 Å². The molecule has 2 aromatic carbocycles. The topological polar surface area (TPSA) is 0 Å². The van der Waals surface area contributed by atoms with Crippen molar-refractivity contribution in [1.82, 2.24) is 0 Å². The van der Waals surface area contributed by atoms with E-state index in [2.05, 4.69) is 52.1 Å². The second kappa shape index (κ2) is 10.5. The molecule has 0 fully saturated rings. The molecule has 2 aromatic rings. The molecule has 0 unspecified atom stereocenters. The van der Waals surface area contributed by atoms with E-state index >= 15 is 0 Å². The highest BCUT2D eigenvalue weighted by Crippen LogP contribution is 2.67. The molecule has 0 bridgehead atoms. The van der Waals surface area contributed by atoms with Crippen molar-refractivity contribution in [3.8, 4) is 0 Å². The molecular weight excluding hydrogens is 553 g/mol. The molecule has 0 aliphatic carbocycles. The van der Waals surface area contributed by atoms with Gasteiger partial charge in [-0.1, -0.05) is 47.0 Å². The number of benzene rings is 2. The zero-order valence-electron chi connectivity index (χ0n) is 18.7. The Hall–Kier alpha value is 1.33. The highest BCUT2D eigenvalue weighted by atomic mass is 32.2. The first-order valence-electron chi connectivity index (χ1n) is 9.44. The molecule has 2 heterocycles. The lowest BCUT2D eigenvalue weighted by Gasteiger charge is -2.17. The van der Waals surface area contributed by atoms with Gasteiger partial charge in [0.1, 0.15) is 0 Å². The molecule has 31 heavy (non-hydrogen) atoms. The fourth-order valence-electron chi connectivity index (χ4n) is 3.76. The summed E-state index contributed by atoms with van der Waals surface area (Å²) in [5, 5.41) is 0. The van der Waals surface area contributed by atoms with Crippen LogP contribution in [0.25, 0.3) is 0 Å². The van der Waals surface area contributed by atoms with Gasteiger partial charge >= 0.3 is 0 Å². The second-order valence-electron chi connectivity index (χ2n) is 6.84. The summed E-state index contributed by atoms with van der Waals surface area (Å²) in [6.45, 7) is 6.87. The molecule has 0 spiro atoms. The van der Waals surface area contributed by atoms with Crippen molar-refractivity contribution in [2.24, 2.45) is 0 Å². The maximum atomic E-state index is 2.30. The maximum absolute atomic E-state index is 2.30. The van der Waals surface area contributed by atoms with Gasteiger partial charge in [-0.3, -0.25) is 0 Å². The third-order valence-electron chi connectivity index (χ3n) is 5.33. The molecule has 4 rings (SSSR count). The van der Waals surface area contributed by atoms with Crippen LogP contribution in [-0.2, 0) is 0 Å².